The van der Waals surface area contributed by atoms with E-state index in [9.17, 15) is 0 Å². The number of allylic oxidation sites excluding steroid dienone is 2. The van der Waals surface area contributed by atoms with Crippen LogP contribution in [0, 0.1) is 5.92 Å². The molecule has 0 spiro atoms. The van der Waals surface area contributed by atoms with Crippen LogP contribution in [0.1, 0.15) is 30.4 Å². The fourth-order valence-electron chi connectivity index (χ4n) is 3.01. The summed E-state index contributed by atoms with van der Waals surface area (Å²) in [4.78, 5) is 0. The lowest BCUT2D eigenvalue weighted by Crippen LogP contribution is -2.09. The van der Waals surface area contributed by atoms with Gasteiger partial charge in [-0.3, -0.25) is 0 Å². The Balaban J connectivity index is 1.70. The molecule has 0 radical (unpaired) electrons. The monoisotopic (exact) mass is 282 g/mol. The zero-order valence-electron chi connectivity index (χ0n) is 11.6. The minimum absolute atomic E-state index is 0.757. The first kappa shape index (κ1) is 13.5. The van der Waals surface area contributed by atoms with Gasteiger partial charge in [-0.1, -0.05) is 60.1 Å². The molecule has 0 saturated carbocycles. The Morgan fingerprint density at radius 1 is 0.950 bits per heavy atom. The smallest absolute Gasteiger partial charge is 0.0406 e. The van der Waals surface area contributed by atoms with Gasteiger partial charge in [-0.15, -0.1) is 0 Å². The third kappa shape index (κ3) is 3.32. The van der Waals surface area contributed by atoms with Crippen molar-refractivity contribution < 1.29 is 0 Å². The van der Waals surface area contributed by atoms with Crippen LogP contribution in [-0.4, -0.2) is 0 Å². The quantitative estimate of drug-likeness (QED) is 0.671. The highest BCUT2D eigenvalue weighted by molar-refractivity contribution is 6.30. The van der Waals surface area contributed by atoms with Crippen LogP contribution in [0.15, 0.2) is 60.7 Å². The maximum atomic E-state index is 5.97. The van der Waals surface area contributed by atoms with Crippen LogP contribution in [0.2, 0.25) is 5.02 Å². The highest BCUT2D eigenvalue weighted by Crippen LogP contribution is 2.33. The third-order valence-corrected chi connectivity index (χ3v) is 4.31. The van der Waals surface area contributed by atoms with E-state index in [1.807, 2.05) is 12.1 Å². The molecule has 0 bridgehead atoms. The molecular formula is C19H19Cl. The third-order valence-electron chi connectivity index (χ3n) is 4.06. The summed E-state index contributed by atoms with van der Waals surface area (Å²) in [5, 5.41) is 0.811. The fraction of sp³-hybridized carbons (Fsp3) is 0.263. The predicted molar refractivity (Wildman–Crippen MR) is 86.9 cm³/mol. The molecule has 0 saturated heterocycles. The molecule has 2 aromatic carbocycles. The van der Waals surface area contributed by atoms with Crippen molar-refractivity contribution in [2.24, 2.45) is 5.92 Å². The Bertz CT molecular complexity index is 581. The molecule has 0 aromatic heterocycles. The van der Waals surface area contributed by atoms with E-state index in [-0.39, 0.29) is 0 Å². The summed E-state index contributed by atoms with van der Waals surface area (Å²) in [7, 11) is 0. The molecule has 1 aliphatic carbocycles. The summed E-state index contributed by atoms with van der Waals surface area (Å²) in [5.41, 5.74) is 4.26. The lowest BCUT2D eigenvalue weighted by atomic mass is 9.82. The number of rotatable bonds is 3. The molecule has 0 aliphatic heterocycles. The molecule has 0 amide bonds. The van der Waals surface area contributed by atoms with Gasteiger partial charge in [0.2, 0.25) is 0 Å². The van der Waals surface area contributed by atoms with E-state index in [4.69, 9.17) is 11.6 Å². The number of hydrogen-bond donors (Lipinski definition) is 0. The van der Waals surface area contributed by atoms with Crippen molar-refractivity contribution in [3.05, 3.63) is 76.8 Å². The van der Waals surface area contributed by atoms with Gasteiger partial charge < -0.3 is 0 Å². The highest BCUT2D eigenvalue weighted by atomic mass is 35.5. The van der Waals surface area contributed by atoms with E-state index in [1.54, 1.807) is 0 Å². The van der Waals surface area contributed by atoms with Crippen molar-refractivity contribution >= 4 is 17.2 Å². The van der Waals surface area contributed by atoms with Gasteiger partial charge in [0.05, 0.1) is 0 Å². The van der Waals surface area contributed by atoms with Gasteiger partial charge in [-0.25, -0.2) is 0 Å². The number of halogens is 1. The predicted octanol–water partition coefficient (Wildman–Crippen LogP) is 5.77. The molecule has 1 aliphatic rings. The first-order valence-corrected chi connectivity index (χ1v) is 7.68. The van der Waals surface area contributed by atoms with Crippen molar-refractivity contribution in [3.8, 4) is 0 Å². The number of benzene rings is 2. The van der Waals surface area contributed by atoms with E-state index >= 15 is 0 Å². The van der Waals surface area contributed by atoms with Crippen molar-refractivity contribution in [1.29, 1.82) is 0 Å². The van der Waals surface area contributed by atoms with E-state index in [0.717, 1.165) is 10.9 Å². The summed E-state index contributed by atoms with van der Waals surface area (Å²) in [6.07, 6.45) is 7.24. The Kier molecular flexibility index (Phi) is 4.22. The Labute approximate surface area is 126 Å². The van der Waals surface area contributed by atoms with E-state index in [2.05, 4.69) is 48.5 Å². The fourth-order valence-corrected chi connectivity index (χ4v) is 3.14. The molecule has 1 unspecified atom stereocenters. The van der Waals surface area contributed by atoms with Gasteiger partial charge in [0, 0.05) is 5.02 Å². The van der Waals surface area contributed by atoms with E-state index in [1.165, 1.54) is 42.4 Å². The molecule has 2 aromatic rings. The normalized spacial score (nSPS) is 18.6. The Morgan fingerprint density at radius 3 is 2.45 bits per heavy atom. The van der Waals surface area contributed by atoms with Crippen LogP contribution >= 0.6 is 11.6 Å². The van der Waals surface area contributed by atoms with E-state index < -0.39 is 0 Å². The van der Waals surface area contributed by atoms with Crippen LogP contribution in [0.5, 0.6) is 0 Å². The molecule has 1 atom stereocenters. The van der Waals surface area contributed by atoms with Crippen LogP contribution in [-0.2, 0) is 6.42 Å². The Hall–Kier alpha value is -1.53. The lowest BCUT2D eigenvalue weighted by Gasteiger charge is -2.23. The van der Waals surface area contributed by atoms with Crippen molar-refractivity contribution in [2.45, 2.75) is 25.7 Å². The van der Waals surface area contributed by atoms with Crippen molar-refractivity contribution in [1.82, 2.24) is 0 Å². The molecule has 0 heterocycles. The second-order valence-corrected chi connectivity index (χ2v) is 6.01. The number of hydrogen-bond acceptors (Lipinski definition) is 0. The van der Waals surface area contributed by atoms with Crippen LogP contribution < -0.4 is 0 Å². The molecule has 20 heavy (non-hydrogen) atoms. The van der Waals surface area contributed by atoms with E-state index in [0.29, 0.717) is 0 Å². The van der Waals surface area contributed by atoms with Crippen molar-refractivity contribution in [2.75, 3.05) is 0 Å². The summed E-state index contributed by atoms with van der Waals surface area (Å²) >= 11 is 5.97. The second-order valence-electron chi connectivity index (χ2n) is 5.57. The van der Waals surface area contributed by atoms with Crippen LogP contribution in [0.3, 0.4) is 0 Å². The standard InChI is InChI=1S/C19H19Cl/c20-19-11-9-17(10-12-19)18-8-4-7-16(14-18)13-15-5-2-1-3-6-15/h1-3,5-6,8-12,16H,4,7,13-14H2. The first-order chi connectivity index (χ1) is 9.81. The van der Waals surface area contributed by atoms with Gasteiger partial charge in [-0.05, 0) is 60.4 Å². The summed E-state index contributed by atoms with van der Waals surface area (Å²) in [5.74, 6) is 0.757. The minimum Gasteiger partial charge on any atom is -0.0843 e. The van der Waals surface area contributed by atoms with Gasteiger partial charge >= 0.3 is 0 Å². The molecular weight excluding hydrogens is 264 g/mol. The van der Waals surface area contributed by atoms with Gasteiger partial charge in [-0.2, -0.15) is 0 Å². The van der Waals surface area contributed by atoms with Gasteiger partial charge in [0.15, 0.2) is 0 Å². The highest BCUT2D eigenvalue weighted by Gasteiger charge is 2.17. The SMILES string of the molecule is Clc1ccc(C2=CCCC(Cc3ccccc3)C2)cc1. The van der Waals surface area contributed by atoms with Gasteiger partial charge in [0.1, 0.15) is 0 Å². The average Bonchev–Trinajstić information content (AvgIpc) is 2.49. The molecule has 0 N–H and O–H groups in total. The van der Waals surface area contributed by atoms with Crippen LogP contribution in [0.25, 0.3) is 5.57 Å². The molecule has 1 heteroatoms. The average molecular weight is 283 g/mol. The summed E-state index contributed by atoms with van der Waals surface area (Å²) < 4.78 is 0. The van der Waals surface area contributed by atoms with Crippen LogP contribution in [0.4, 0.5) is 0 Å². The zero-order valence-corrected chi connectivity index (χ0v) is 12.3. The summed E-state index contributed by atoms with van der Waals surface area (Å²) in [6, 6.07) is 19.1. The molecule has 0 nitrogen and oxygen atoms in total. The minimum atomic E-state index is 0.757. The first-order valence-electron chi connectivity index (χ1n) is 7.30. The molecule has 3 rings (SSSR count). The largest absolute Gasteiger partial charge is 0.0843 e. The molecule has 102 valence electrons. The molecule has 0 fully saturated rings. The topological polar surface area (TPSA) is 0 Å². The van der Waals surface area contributed by atoms with Gasteiger partial charge in [0.25, 0.3) is 0 Å². The van der Waals surface area contributed by atoms with Crippen molar-refractivity contribution in [3.63, 3.8) is 0 Å². The lowest BCUT2D eigenvalue weighted by molar-refractivity contribution is 0.486. The Morgan fingerprint density at radius 2 is 1.70 bits per heavy atom. The maximum Gasteiger partial charge on any atom is 0.0406 e. The summed E-state index contributed by atoms with van der Waals surface area (Å²) in [6.45, 7) is 0. The zero-order chi connectivity index (χ0) is 13.8. The maximum absolute atomic E-state index is 5.97. The second kappa shape index (κ2) is 6.28.